The van der Waals surface area contributed by atoms with E-state index in [9.17, 15) is 0 Å². The van der Waals surface area contributed by atoms with Crippen LogP contribution in [-0.4, -0.2) is 33.3 Å². The van der Waals surface area contributed by atoms with Crippen LogP contribution in [0.5, 0.6) is 0 Å². The molecule has 1 atom stereocenters. The summed E-state index contributed by atoms with van der Waals surface area (Å²) in [5, 5.41) is 8.48. The van der Waals surface area contributed by atoms with Crippen LogP contribution in [-0.2, 0) is 0 Å². The summed E-state index contributed by atoms with van der Waals surface area (Å²) in [7, 11) is 0. The van der Waals surface area contributed by atoms with E-state index in [1.54, 1.807) is 6.07 Å². The van der Waals surface area contributed by atoms with E-state index in [4.69, 9.17) is 28.2 Å². The monoisotopic (exact) mass is 415 g/mol. The maximum atomic E-state index is 6.16. The molecular formula is C21H23Cl2N5. The van der Waals surface area contributed by atoms with Crippen LogP contribution >= 0.6 is 23.2 Å². The minimum Gasteiger partial charge on any atom is -0.355 e. The van der Waals surface area contributed by atoms with Gasteiger partial charge in [-0.15, -0.1) is 0 Å². The average Bonchev–Trinajstić information content (AvgIpc) is 3.28. The number of nitrogens with zero attached hydrogens (tertiary/aromatic N) is 4. The molecule has 7 heteroatoms. The van der Waals surface area contributed by atoms with Crippen molar-refractivity contribution in [3.8, 4) is 11.3 Å². The third-order valence-electron chi connectivity index (χ3n) is 6.90. The molecule has 1 N–H and O–H groups in total. The van der Waals surface area contributed by atoms with Gasteiger partial charge in [0.1, 0.15) is 11.3 Å². The van der Waals surface area contributed by atoms with Gasteiger partial charge in [0.15, 0.2) is 0 Å². The number of nitrogens with one attached hydrogen (secondary N) is 1. The number of benzene rings is 1. The fraction of sp³-hybridized carbons (Fsp3) is 0.476. The summed E-state index contributed by atoms with van der Waals surface area (Å²) in [4.78, 5) is 11.8. The maximum Gasteiger partial charge on any atom is 0.202 e. The largest absolute Gasteiger partial charge is 0.355 e. The van der Waals surface area contributed by atoms with Crippen LogP contribution in [0.4, 0.5) is 5.82 Å². The molecule has 28 heavy (non-hydrogen) atoms. The minimum atomic E-state index is 0.509. The van der Waals surface area contributed by atoms with Crippen molar-refractivity contribution < 1.29 is 0 Å². The van der Waals surface area contributed by atoms with Crippen molar-refractivity contribution in [1.29, 1.82) is 0 Å². The van der Waals surface area contributed by atoms with Gasteiger partial charge in [0.25, 0.3) is 0 Å². The third-order valence-corrected chi connectivity index (χ3v) is 7.64. The molecule has 146 valence electrons. The Morgan fingerprint density at radius 1 is 1.14 bits per heavy atom. The van der Waals surface area contributed by atoms with Gasteiger partial charge in [-0.1, -0.05) is 49.0 Å². The second kappa shape index (κ2) is 6.89. The summed E-state index contributed by atoms with van der Waals surface area (Å²) in [6.45, 7) is 4.53. The lowest BCUT2D eigenvalue weighted by Crippen LogP contribution is -2.41. The van der Waals surface area contributed by atoms with Crippen molar-refractivity contribution in [2.75, 3.05) is 18.0 Å². The van der Waals surface area contributed by atoms with Crippen LogP contribution in [0.15, 0.2) is 24.4 Å². The zero-order valence-corrected chi connectivity index (χ0v) is 17.4. The van der Waals surface area contributed by atoms with Crippen LogP contribution in [0.2, 0.25) is 10.0 Å². The van der Waals surface area contributed by atoms with E-state index in [2.05, 4.69) is 27.0 Å². The third kappa shape index (κ3) is 2.96. The molecule has 2 aliphatic rings. The number of aromatic nitrogens is 4. The van der Waals surface area contributed by atoms with Crippen LogP contribution in [0.3, 0.4) is 0 Å². The normalized spacial score (nSPS) is 21.7. The highest BCUT2D eigenvalue weighted by molar-refractivity contribution is 6.42. The number of rotatable bonds is 2. The van der Waals surface area contributed by atoms with Crippen LogP contribution < -0.4 is 4.90 Å². The van der Waals surface area contributed by atoms with E-state index in [0.29, 0.717) is 21.1 Å². The zero-order chi connectivity index (χ0) is 19.3. The van der Waals surface area contributed by atoms with Crippen LogP contribution in [0.25, 0.3) is 22.4 Å². The summed E-state index contributed by atoms with van der Waals surface area (Å²) in [5.41, 5.74) is 3.65. The van der Waals surface area contributed by atoms with E-state index in [1.165, 1.54) is 32.1 Å². The summed E-state index contributed by atoms with van der Waals surface area (Å²) in [6.07, 6.45) is 8.54. The fourth-order valence-electron chi connectivity index (χ4n) is 5.03. The van der Waals surface area contributed by atoms with E-state index in [1.807, 2.05) is 18.3 Å². The Hall–Kier alpha value is -1.85. The van der Waals surface area contributed by atoms with Crippen LogP contribution in [0, 0.1) is 11.3 Å². The summed E-state index contributed by atoms with van der Waals surface area (Å²) >= 11 is 12.2. The van der Waals surface area contributed by atoms with Crippen molar-refractivity contribution in [3.05, 3.63) is 34.4 Å². The van der Waals surface area contributed by atoms with Crippen molar-refractivity contribution >= 4 is 40.2 Å². The number of hydrogen-bond donors (Lipinski definition) is 1. The molecule has 1 aliphatic heterocycles. The number of H-pyrrole nitrogens is 1. The van der Waals surface area contributed by atoms with Gasteiger partial charge >= 0.3 is 0 Å². The molecule has 1 aliphatic carbocycles. The highest BCUT2D eigenvalue weighted by Crippen LogP contribution is 2.50. The van der Waals surface area contributed by atoms with Crippen molar-refractivity contribution in [2.24, 2.45) is 11.3 Å². The molecule has 1 saturated carbocycles. The smallest absolute Gasteiger partial charge is 0.202 e. The summed E-state index contributed by atoms with van der Waals surface area (Å²) in [6, 6.07) is 5.50. The van der Waals surface area contributed by atoms with Crippen molar-refractivity contribution in [3.63, 3.8) is 0 Å². The molecule has 2 fully saturated rings. The van der Waals surface area contributed by atoms with Gasteiger partial charge in [-0.2, -0.15) is 5.10 Å². The first-order chi connectivity index (χ1) is 13.6. The molecule has 1 spiro atoms. The molecule has 0 amide bonds. The molecule has 3 aromatic rings. The molecule has 5 rings (SSSR count). The Balaban J connectivity index is 1.40. The molecule has 1 saturated heterocycles. The Bertz CT molecular complexity index is 1020. The Kier molecular flexibility index (Phi) is 4.48. The van der Waals surface area contributed by atoms with Gasteiger partial charge in [-0.25, -0.2) is 9.97 Å². The second-order valence-corrected chi connectivity index (χ2v) is 9.09. The zero-order valence-electron chi connectivity index (χ0n) is 15.9. The highest BCUT2D eigenvalue weighted by Gasteiger charge is 2.42. The van der Waals surface area contributed by atoms with E-state index >= 15 is 0 Å². The molecule has 0 bridgehead atoms. The molecule has 0 radical (unpaired) electrons. The van der Waals surface area contributed by atoms with Crippen molar-refractivity contribution in [1.82, 2.24) is 20.2 Å². The first kappa shape index (κ1) is 18.2. The summed E-state index contributed by atoms with van der Waals surface area (Å²) < 4.78 is 0. The van der Waals surface area contributed by atoms with Gasteiger partial charge in [0, 0.05) is 18.7 Å². The van der Waals surface area contributed by atoms with Gasteiger partial charge in [0.05, 0.1) is 21.9 Å². The number of piperidine rings is 1. The standard InChI is InChI=1S/C21H23Cl2N5/c1-13-3-2-6-21(13)7-9-28(10-8-21)17-12-24-19-18(26-27-20(19)25-17)14-4-5-15(22)16(23)11-14/h4-5,11-13H,2-3,6-10H2,1H3,(H,25,26,27)/t13-/m1/s1. The SMILES string of the molecule is C[C@@H]1CCCC12CCN(c1cnc3c(-c4ccc(Cl)c(Cl)c4)[nH]nc3n1)CC2. The number of hydrogen-bond acceptors (Lipinski definition) is 4. The van der Waals surface area contributed by atoms with Crippen LogP contribution in [0.1, 0.15) is 39.0 Å². The predicted octanol–water partition coefficient (Wildman–Crippen LogP) is 5.73. The first-order valence-electron chi connectivity index (χ1n) is 9.97. The van der Waals surface area contributed by atoms with E-state index < -0.39 is 0 Å². The lowest BCUT2D eigenvalue weighted by molar-refractivity contribution is 0.161. The van der Waals surface area contributed by atoms with E-state index in [0.717, 1.165) is 41.6 Å². The van der Waals surface area contributed by atoms with Gasteiger partial charge in [0.2, 0.25) is 5.65 Å². The Morgan fingerprint density at radius 2 is 1.96 bits per heavy atom. The summed E-state index contributed by atoms with van der Waals surface area (Å²) in [5.74, 6) is 1.77. The lowest BCUT2D eigenvalue weighted by Gasteiger charge is -2.42. The second-order valence-electron chi connectivity index (χ2n) is 8.27. The van der Waals surface area contributed by atoms with E-state index in [-0.39, 0.29) is 0 Å². The minimum absolute atomic E-state index is 0.509. The molecular weight excluding hydrogens is 393 g/mol. The number of fused-ring (bicyclic) bond motifs is 1. The number of aromatic amines is 1. The molecule has 1 aromatic carbocycles. The maximum absolute atomic E-state index is 6.16. The topological polar surface area (TPSA) is 57.7 Å². The highest BCUT2D eigenvalue weighted by atomic mass is 35.5. The molecule has 5 nitrogen and oxygen atoms in total. The first-order valence-corrected chi connectivity index (χ1v) is 10.7. The predicted molar refractivity (Wildman–Crippen MR) is 114 cm³/mol. The molecule has 0 unspecified atom stereocenters. The average molecular weight is 416 g/mol. The quantitative estimate of drug-likeness (QED) is 0.579. The Labute approximate surface area is 174 Å². The van der Waals surface area contributed by atoms with Gasteiger partial charge in [-0.05, 0) is 42.7 Å². The Morgan fingerprint density at radius 3 is 2.68 bits per heavy atom. The van der Waals surface area contributed by atoms with Gasteiger partial charge in [-0.3, -0.25) is 5.10 Å². The fourth-order valence-corrected chi connectivity index (χ4v) is 5.33. The van der Waals surface area contributed by atoms with Gasteiger partial charge < -0.3 is 4.90 Å². The molecule has 3 heterocycles. The number of halogens is 2. The molecule has 2 aromatic heterocycles. The number of anilines is 1. The van der Waals surface area contributed by atoms with Crippen molar-refractivity contribution in [2.45, 2.75) is 39.0 Å². The lowest BCUT2D eigenvalue weighted by atomic mass is 9.71.